The summed E-state index contributed by atoms with van der Waals surface area (Å²) in [6, 6.07) is 14.4. The summed E-state index contributed by atoms with van der Waals surface area (Å²) in [7, 11) is 2.50. The lowest BCUT2D eigenvalue weighted by Crippen LogP contribution is -2.56. The summed E-state index contributed by atoms with van der Waals surface area (Å²) in [5.74, 6) is -4.60. The molecule has 1 fully saturated rings. The minimum atomic E-state index is -1.53. The monoisotopic (exact) mass is 463 g/mol. The Balaban J connectivity index is 1.99. The molecule has 0 N–H and O–H groups in total. The third-order valence-corrected chi connectivity index (χ3v) is 5.65. The molecule has 176 valence electrons. The maximum Gasteiger partial charge on any atom is 0.337 e. The van der Waals surface area contributed by atoms with Gasteiger partial charge in [0, 0.05) is 12.0 Å². The molecule has 0 radical (unpaired) electrons. The third-order valence-electron chi connectivity index (χ3n) is 5.65. The minimum Gasteiger partial charge on any atom is -0.467 e. The van der Waals surface area contributed by atoms with Gasteiger partial charge in [0.1, 0.15) is 11.8 Å². The van der Waals surface area contributed by atoms with Gasteiger partial charge < -0.3 is 14.4 Å². The summed E-state index contributed by atoms with van der Waals surface area (Å²) >= 11 is 0. The second-order valence-corrected chi connectivity index (χ2v) is 7.89. The summed E-state index contributed by atoms with van der Waals surface area (Å²) in [4.78, 5) is 64.1. The van der Waals surface area contributed by atoms with Crippen molar-refractivity contribution < 1.29 is 33.4 Å². The SMILES string of the molecule is COC(=O)c1ccc(/C=C2\CN([C@@H](Cc3ccccc3)C(=O)OC)C(=O)C(C(C)=O)C2=O)cc1. The lowest BCUT2D eigenvalue weighted by Gasteiger charge is -2.36. The average molecular weight is 463 g/mol. The van der Waals surface area contributed by atoms with Crippen LogP contribution in [0, 0.1) is 5.92 Å². The number of rotatable bonds is 7. The van der Waals surface area contributed by atoms with Crippen molar-refractivity contribution >= 4 is 35.5 Å². The first-order valence-electron chi connectivity index (χ1n) is 10.6. The zero-order valence-electron chi connectivity index (χ0n) is 19.1. The average Bonchev–Trinajstić information content (AvgIpc) is 2.84. The van der Waals surface area contributed by atoms with Crippen LogP contribution in [0.4, 0.5) is 0 Å². The van der Waals surface area contributed by atoms with Crippen molar-refractivity contribution in [3.05, 3.63) is 76.9 Å². The second-order valence-electron chi connectivity index (χ2n) is 7.89. The molecule has 3 rings (SSSR count). The quantitative estimate of drug-likeness (QED) is 0.352. The van der Waals surface area contributed by atoms with Gasteiger partial charge in [0.25, 0.3) is 0 Å². The Morgan fingerprint density at radius 3 is 2.21 bits per heavy atom. The van der Waals surface area contributed by atoms with Crippen molar-refractivity contribution in [1.29, 1.82) is 0 Å². The molecule has 1 heterocycles. The van der Waals surface area contributed by atoms with Crippen LogP contribution in [0.1, 0.15) is 28.4 Å². The predicted octanol–water partition coefficient (Wildman–Crippen LogP) is 2.26. The van der Waals surface area contributed by atoms with Gasteiger partial charge in [-0.25, -0.2) is 9.59 Å². The van der Waals surface area contributed by atoms with E-state index in [4.69, 9.17) is 4.74 Å². The van der Waals surface area contributed by atoms with Crippen LogP contribution in [0.2, 0.25) is 0 Å². The van der Waals surface area contributed by atoms with E-state index in [2.05, 4.69) is 4.74 Å². The van der Waals surface area contributed by atoms with Gasteiger partial charge in [-0.1, -0.05) is 42.5 Å². The number of likely N-dealkylation sites (tertiary alicyclic amines) is 1. The number of piperidine rings is 1. The van der Waals surface area contributed by atoms with Gasteiger partial charge in [-0.2, -0.15) is 0 Å². The maximum atomic E-state index is 13.2. The summed E-state index contributed by atoms with van der Waals surface area (Å²) in [5, 5.41) is 0. The highest BCUT2D eigenvalue weighted by Crippen LogP contribution is 2.26. The number of hydrogen-bond donors (Lipinski definition) is 0. The van der Waals surface area contributed by atoms with Gasteiger partial charge in [0.05, 0.1) is 26.3 Å². The Morgan fingerprint density at radius 1 is 1.00 bits per heavy atom. The van der Waals surface area contributed by atoms with Crippen molar-refractivity contribution in [2.45, 2.75) is 19.4 Å². The zero-order valence-corrected chi connectivity index (χ0v) is 19.1. The zero-order chi connectivity index (χ0) is 24.8. The molecule has 2 aromatic carbocycles. The standard InChI is InChI=1S/C26H25NO7/c1-16(28)22-23(29)20(13-18-9-11-19(12-10-18)25(31)33-2)15-27(24(22)30)21(26(32)34-3)14-17-7-5-4-6-8-17/h4-13,21-22H,14-15H2,1-3H3/b20-13+/t21-,22?/m0/s1. The molecular formula is C26H25NO7. The molecule has 2 atom stereocenters. The highest BCUT2D eigenvalue weighted by molar-refractivity contribution is 6.26. The fourth-order valence-electron chi connectivity index (χ4n) is 3.87. The number of Topliss-reactive ketones (excluding diaryl/α,β-unsaturated/α-hetero) is 2. The first kappa shape index (κ1) is 24.6. The van der Waals surface area contributed by atoms with E-state index >= 15 is 0 Å². The lowest BCUT2D eigenvalue weighted by atomic mass is 9.86. The van der Waals surface area contributed by atoms with E-state index in [0.717, 1.165) is 5.56 Å². The molecule has 1 aliphatic heterocycles. The van der Waals surface area contributed by atoms with Gasteiger partial charge in [-0.15, -0.1) is 0 Å². The maximum absolute atomic E-state index is 13.2. The first-order valence-corrected chi connectivity index (χ1v) is 10.6. The van der Waals surface area contributed by atoms with Gasteiger partial charge in [-0.05, 0) is 36.3 Å². The first-order chi connectivity index (χ1) is 16.3. The number of nitrogens with zero attached hydrogens (tertiary/aromatic N) is 1. The molecule has 1 saturated heterocycles. The Labute approximate surface area is 197 Å². The predicted molar refractivity (Wildman–Crippen MR) is 123 cm³/mol. The number of esters is 2. The van der Waals surface area contributed by atoms with Crippen LogP contribution in [0.25, 0.3) is 6.08 Å². The Kier molecular flexibility index (Phi) is 7.73. The molecule has 34 heavy (non-hydrogen) atoms. The van der Waals surface area contributed by atoms with Crippen LogP contribution in [-0.2, 0) is 35.1 Å². The van der Waals surface area contributed by atoms with E-state index in [1.54, 1.807) is 30.3 Å². The molecule has 0 aromatic heterocycles. The normalized spacial score (nSPS) is 17.9. The molecular weight excluding hydrogens is 438 g/mol. The van der Waals surface area contributed by atoms with Crippen molar-refractivity contribution in [2.24, 2.45) is 5.92 Å². The molecule has 0 aliphatic carbocycles. The van der Waals surface area contributed by atoms with Gasteiger partial charge >= 0.3 is 11.9 Å². The van der Waals surface area contributed by atoms with Crippen LogP contribution >= 0.6 is 0 Å². The molecule has 1 aliphatic rings. The summed E-state index contributed by atoms with van der Waals surface area (Å²) in [5.41, 5.74) is 1.93. The number of benzene rings is 2. The number of ketones is 2. The summed E-state index contributed by atoms with van der Waals surface area (Å²) < 4.78 is 9.63. The number of methoxy groups -OCH3 is 2. The molecule has 1 amide bonds. The number of carbonyl (C=O) groups excluding carboxylic acids is 5. The van der Waals surface area contributed by atoms with E-state index in [-0.39, 0.29) is 18.5 Å². The van der Waals surface area contributed by atoms with E-state index in [1.165, 1.54) is 26.0 Å². The van der Waals surface area contributed by atoms with E-state index in [9.17, 15) is 24.0 Å². The highest BCUT2D eigenvalue weighted by atomic mass is 16.5. The number of carbonyl (C=O) groups is 5. The van der Waals surface area contributed by atoms with Crippen molar-refractivity contribution in [3.8, 4) is 0 Å². The number of ether oxygens (including phenoxy) is 2. The molecule has 1 unspecified atom stereocenters. The molecule has 8 nitrogen and oxygen atoms in total. The van der Waals surface area contributed by atoms with Gasteiger partial charge in [0.2, 0.25) is 5.91 Å². The van der Waals surface area contributed by atoms with Crippen LogP contribution < -0.4 is 0 Å². The third kappa shape index (κ3) is 5.28. The van der Waals surface area contributed by atoms with E-state index < -0.39 is 41.4 Å². The molecule has 0 bridgehead atoms. The lowest BCUT2D eigenvalue weighted by molar-refractivity contribution is -0.158. The van der Waals surface area contributed by atoms with Crippen molar-refractivity contribution in [2.75, 3.05) is 20.8 Å². The number of amides is 1. The fraction of sp³-hybridized carbons (Fsp3) is 0.269. The minimum absolute atomic E-state index is 0.160. The smallest absolute Gasteiger partial charge is 0.337 e. The van der Waals surface area contributed by atoms with Crippen LogP contribution in [0.3, 0.4) is 0 Å². The summed E-state index contributed by atoms with van der Waals surface area (Å²) in [6.07, 6.45) is 1.72. The highest BCUT2D eigenvalue weighted by Gasteiger charge is 2.45. The van der Waals surface area contributed by atoms with Crippen molar-refractivity contribution in [1.82, 2.24) is 4.90 Å². The molecule has 8 heteroatoms. The molecule has 0 saturated carbocycles. The second kappa shape index (κ2) is 10.7. The topological polar surface area (TPSA) is 107 Å². The summed E-state index contributed by atoms with van der Waals surface area (Å²) in [6.45, 7) is 1.02. The van der Waals surface area contributed by atoms with Gasteiger partial charge in [-0.3, -0.25) is 14.4 Å². The number of hydrogen-bond acceptors (Lipinski definition) is 7. The van der Waals surface area contributed by atoms with Crippen LogP contribution in [0.15, 0.2) is 60.2 Å². The van der Waals surface area contributed by atoms with E-state index in [1.807, 2.05) is 30.3 Å². The van der Waals surface area contributed by atoms with E-state index in [0.29, 0.717) is 11.1 Å². The van der Waals surface area contributed by atoms with Crippen molar-refractivity contribution in [3.63, 3.8) is 0 Å². The Hall–Kier alpha value is -4.07. The Bertz CT molecular complexity index is 1140. The van der Waals surface area contributed by atoms with Crippen LogP contribution in [-0.4, -0.2) is 61.1 Å². The van der Waals surface area contributed by atoms with Crippen LogP contribution in [0.5, 0.6) is 0 Å². The molecule has 2 aromatic rings. The largest absolute Gasteiger partial charge is 0.467 e. The Morgan fingerprint density at radius 2 is 1.65 bits per heavy atom. The fourth-order valence-corrected chi connectivity index (χ4v) is 3.87. The van der Waals surface area contributed by atoms with Gasteiger partial charge in [0.15, 0.2) is 11.7 Å². The molecule has 0 spiro atoms.